The lowest BCUT2D eigenvalue weighted by molar-refractivity contribution is -0.130. The molecule has 0 unspecified atom stereocenters. The second-order valence-corrected chi connectivity index (χ2v) is 7.59. The molecule has 0 aromatic heterocycles. The molecular formula is C18H25N3O3S. The Labute approximate surface area is 152 Å². The van der Waals surface area contributed by atoms with E-state index in [0.29, 0.717) is 19.6 Å². The number of ether oxygens (including phenoxy) is 1. The third-order valence-electron chi connectivity index (χ3n) is 4.54. The van der Waals surface area contributed by atoms with Gasteiger partial charge in [-0.05, 0) is 24.6 Å². The van der Waals surface area contributed by atoms with E-state index < -0.39 is 0 Å². The van der Waals surface area contributed by atoms with Crippen molar-refractivity contribution in [3.63, 3.8) is 0 Å². The largest absolute Gasteiger partial charge is 0.375 e. The Balaban J connectivity index is 1.53. The predicted molar refractivity (Wildman–Crippen MR) is 99.9 cm³/mol. The van der Waals surface area contributed by atoms with Crippen LogP contribution >= 0.6 is 11.8 Å². The highest BCUT2D eigenvalue weighted by molar-refractivity contribution is 7.99. The lowest BCUT2D eigenvalue weighted by Gasteiger charge is -2.29. The molecule has 2 N–H and O–H groups in total. The molecule has 0 radical (unpaired) electrons. The predicted octanol–water partition coefficient (Wildman–Crippen LogP) is 1.12. The number of rotatable bonds is 4. The average molecular weight is 363 g/mol. The first-order valence-corrected chi connectivity index (χ1v) is 9.89. The van der Waals surface area contributed by atoms with Crippen LogP contribution in [0.15, 0.2) is 24.3 Å². The van der Waals surface area contributed by atoms with Gasteiger partial charge in [0.05, 0.1) is 19.1 Å². The van der Waals surface area contributed by atoms with Crippen LogP contribution in [-0.2, 0) is 20.7 Å². The first-order valence-electron chi connectivity index (χ1n) is 8.74. The Kier molecular flexibility index (Phi) is 6.34. The van der Waals surface area contributed by atoms with Gasteiger partial charge in [-0.2, -0.15) is 11.8 Å². The summed E-state index contributed by atoms with van der Waals surface area (Å²) < 4.78 is 5.50. The van der Waals surface area contributed by atoms with Gasteiger partial charge in [0.15, 0.2) is 0 Å². The summed E-state index contributed by atoms with van der Waals surface area (Å²) in [5.41, 5.74) is 1.70. The standard InChI is InChI=1S/C18H25N3O3S/c1-13-17(19-6-9-24-13)18(23)20-15-4-2-14(3-5-15)12-16(22)21-7-10-25-11-8-21/h2-5,13,17,19H,6-12H2,1H3,(H,20,23)/t13-,17+/m1/s1. The van der Waals surface area contributed by atoms with Crippen LogP contribution in [-0.4, -0.2) is 66.6 Å². The lowest BCUT2D eigenvalue weighted by Crippen LogP contribution is -2.53. The molecule has 0 aliphatic carbocycles. The number of hydrogen-bond donors (Lipinski definition) is 2. The fourth-order valence-corrected chi connectivity index (χ4v) is 3.96. The number of amides is 2. The van der Waals surface area contributed by atoms with Crippen molar-refractivity contribution >= 4 is 29.3 Å². The van der Waals surface area contributed by atoms with E-state index in [1.54, 1.807) is 0 Å². The molecule has 0 saturated carbocycles. The fourth-order valence-electron chi connectivity index (χ4n) is 3.05. The topological polar surface area (TPSA) is 70.7 Å². The smallest absolute Gasteiger partial charge is 0.244 e. The number of carbonyl (C=O) groups excluding carboxylic acids is 2. The minimum atomic E-state index is -0.341. The maximum atomic E-state index is 12.3. The average Bonchev–Trinajstić information content (AvgIpc) is 2.64. The van der Waals surface area contributed by atoms with Gasteiger partial charge < -0.3 is 20.3 Å². The molecule has 2 saturated heterocycles. The molecule has 3 rings (SSSR count). The Morgan fingerprint density at radius 2 is 2.00 bits per heavy atom. The zero-order valence-electron chi connectivity index (χ0n) is 14.5. The van der Waals surface area contributed by atoms with E-state index in [4.69, 9.17) is 4.74 Å². The van der Waals surface area contributed by atoms with Crippen molar-refractivity contribution in [2.45, 2.75) is 25.5 Å². The summed E-state index contributed by atoms with van der Waals surface area (Å²) in [6.45, 7) is 4.88. The van der Waals surface area contributed by atoms with Gasteiger partial charge in [0, 0.05) is 36.8 Å². The van der Waals surface area contributed by atoms with Crippen LogP contribution in [0, 0.1) is 0 Å². The third-order valence-corrected chi connectivity index (χ3v) is 5.48. The maximum Gasteiger partial charge on any atom is 0.244 e. The van der Waals surface area contributed by atoms with E-state index in [-0.39, 0.29) is 24.0 Å². The molecular weight excluding hydrogens is 338 g/mol. The van der Waals surface area contributed by atoms with Gasteiger partial charge in [0.2, 0.25) is 11.8 Å². The Hall–Kier alpha value is -1.57. The normalized spacial score (nSPS) is 24.0. The van der Waals surface area contributed by atoms with Gasteiger partial charge in [-0.15, -0.1) is 0 Å². The minimum absolute atomic E-state index is 0.0955. The highest BCUT2D eigenvalue weighted by Gasteiger charge is 2.28. The molecule has 2 fully saturated rings. The number of nitrogens with zero attached hydrogens (tertiary/aromatic N) is 1. The van der Waals surface area contributed by atoms with Crippen molar-refractivity contribution in [2.75, 3.05) is 43.1 Å². The van der Waals surface area contributed by atoms with E-state index in [0.717, 1.165) is 35.8 Å². The van der Waals surface area contributed by atoms with Crippen molar-refractivity contribution < 1.29 is 14.3 Å². The minimum Gasteiger partial charge on any atom is -0.375 e. The molecule has 2 heterocycles. The third kappa shape index (κ3) is 4.96. The molecule has 136 valence electrons. The summed E-state index contributed by atoms with van der Waals surface area (Å²) in [4.78, 5) is 26.6. The highest BCUT2D eigenvalue weighted by Crippen LogP contribution is 2.15. The van der Waals surface area contributed by atoms with Crippen LogP contribution in [0.2, 0.25) is 0 Å². The van der Waals surface area contributed by atoms with E-state index in [2.05, 4.69) is 10.6 Å². The summed E-state index contributed by atoms with van der Waals surface area (Å²) in [6, 6.07) is 7.16. The molecule has 2 aliphatic rings. The zero-order valence-corrected chi connectivity index (χ0v) is 15.3. The monoisotopic (exact) mass is 363 g/mol. The van der Waals surface area contributed by atoms with E-state index in [9.17, 15) is 9.59 Å². The number of nitrogens with one attached hydrogen (secondary N) is 2. The van der Waals surface area contributed by atoms with Gasteiger partial charge >= 0.3 is 0 Å². The zero-order chi connectivity index (χ0) is 17.6. The van der Waals surface area contributed by atoms with Crippen molar-refractivity contribution in [1.29, 1.82) is 0 Å². The van der Waals surface area contributed by atoms with E-state index in [1.807, 2.05) is 47.9 Å². The lowest BCUT2D eigenvalue weighted by atomic mass is 10.1. The molecule has 0 spiro atoms. The molecule has 25 heavy (non-hydrogen) atoms. The molecule has 1 aromatic carbocycles. The Bertz CT molecular complexity index is 602. The summed E-state index contributed by atoms with van der Waals surface area (Å²) in [5.74, 6) is 2.12. The number of anilines is 1. The second kappa shape index (κ2) is 8.69. The van der Waals surface area contributed by atoms with Crippen molar-refractivity contribution in [3.8, 4) is 0 Å². The number of hydrogen-bond acceptors (Lipinski definition) is 5. The molecule has 0 bridgehead atoms. The van der Waals surface area contributed by atoms with Crippen LogP contribution in [0.1, 0.15) is 12.5 Å². The van der Waals surface area contributed by atoms with Crippen LogP contribution < -0.4 is 10.6 Å². The summed E-state index contributed by atoms with van der Waals surface area (Å²) >= 11 is 1.89. The first-order chi connectivity index (χ1) is 12.1. The van der Waals surface area contributed by atoms with Crippen molar-refractivity contribution in [3.05, 3.63) is 29.8 Å². The van der Waals surface area contributed by atoms with Crippen molar-refractivity contribution in [2.24, 2.45) is 0 Å². The quantitative estimate of drug-likeness (QED) is 0.839. The number of carbonyl (C=O) groups is 2. The summed E-state index contributed by atoms with van der Waals surface area (Å²) in [7, 11) is 0. The molecule has 6 nitrogen and oxygen atoms in total. The van der Waals surface area contributed by atoms with E-state index >= 15 is 0 Å². The second-order valence-electron chi connectivity index (χ2n) is 6.36. The fraction of sp³-hybridized carbons (Fsp3) is 0.556. The number of thioether (sulfide) groups is 1. The first kappa shape index (κ1) is 18.2. The van der Waals surface area contributed by atoms with Gasteiger partial charge in [0.1, 0.15) is 6.04 Å². The number of morpholine rings is 1. The summed E-state index contributed by atoms with van der Waals surface area (Å²) in [5, 5.41) is 6.08. The SMILES string of the molecule is C[C@H]1OCCN[C@@H]1C(=O)Nc1ccc(CC(=O)N2CCSCC2)cc1. The van der Waals surface area contributed by atoms with Gasteiger partial charge in [-0.3, -0.25) is 9.59 Å². The highest BCUT2D eigenvalue weighted by atomic mass is 32.2. The maximum absolute atomic E-state index is 12.3. The van der Waals surface area contributed by atoms with Crippen LogP contribution in [0.3, 0.4) is 0 Å². The van der Waals surface area contributed by atoms with Crippen molar-refractivity contribution in [1.82, 2.24) is 10.2 Å². The van der Waals surface area contributed by atoms with Crippen LogP contribution in [0.4, 0.5) is 5.69 Å². The molecule has 2 atom stereocenters. The Morgan fingerprint density at radius 1 is 1.28 bits per heavy atom. The van der Waals surface area contributed by atoms with Gasteiger partial charge in [-0.1, -0.05) is 12.1 Å². The molecule has 7 heteroatoms. The van der Waals surface area contributed by atoms with Crippen LogP contribution in [0.5, 0.6) is 0 Å². The van der Waals surface area contributed by atoms with E-state index in [1.165, 1.54) is 0 Å². The van der Waals surface area contributed by atoms with Gasteiger partial charge in [-0.25, -0.2) is 0 Å². The number of benzene rings is 1. The molecule has 2 aliphatic heterocycles. The van der Waals surface area contributed by atoms with Crippen LogP contribution in [0.25, 0.3) is 0 Å². The summed E-state index contributed by atoms with van der Waals surface area (Å²) in [6.07, 6.45) is 0.266. The molecule has 1 aromatic rings. The van der Waals surface area contributed by atoms with Gasteiger partial charge in [0.25, 0.3) is 0 Å². The Morgan fingerprint density at radius 3 is 2.68 bits per heavy atom. The molecule has 2 amide bonds.